The van der Waals surface area contributed by atoms with Gasteiger partial charge in [0.05, 0.1) is 24.2 Å². The molecule has 2 fully saturated rings. The SMILES string of the molecule is CCn1nc(CN2CCC(NS(=O)(=O)C3CC3)CC2)c2c1CCOC2. The first kappa shape index (κ1) is 17.5. The van der Waals surface area contributed by atoms with Crippen molar-refractivity contribution < 1.29 is 13.2 Å². The molecule has 1 N–H and O–H groups in total. The molecule has 1 saturated heterocycles. The lowest BCUT2D eigenvalue weighted by Crippen LogP contribution is -2.45. The molecule has 3 heterocycles. The predicted octanol–water partition coefficient (Wildman–Crippen LogP) is 1.02. The minimum atomic E-state index is -3.08. The second-order valence-electron chi connectivity index (χ2n) is 7.40. The number of aromatic nitrogens is 2. The molecule has 1 saturated carbocycles. The van der Waals surface area contributed by atoms with Gasteiger partial charge in [-0.15, -0.1) is 0 Å². The molecule has 0 radical (unpaired) electrons. The normalized spacial score (nSPS) is 22.9. The van der Waals surface area contributed by atoms with Gasteiger partial charge in [0, 0.05) is 49.9 Å². The van der Waals surface area contributed by atoms with Gasteiger partial charge in [-0.2, -0.15) is 5.10 Å². The Bertz CT molecular complexity index is 718. The standard InChI is InChI=1S/C17H28N4O3S/c1-2-21-17-7-10-24-12-15(17)16(18-21)11-20-8-5-13(6-9-20)19-25(22,23)14-3-4-14/h13-14,19H,2-12H2,1H3. The monoisotopic (exact) mass is 368 g/mol. The Labute approximate surface area is 149 Å². The number of likely N-dealkylation sites (tertiary alicyclic amines) is 1. The summed E-state index contributed by atoms with van der Waals surface area (Å²) in [6, 6.07) is 0.0901. The lowest BCUT2D eigenvalue weighted by atomic mass is 10.0. The summed E-state index contributed by atoms with van der Waals surface area (Å²) in [5.74, 6) is 0. The van der Waals surface area contributed by atoms with E-state index in [4.69, 9.17) is 9.84 Å². The van der Waals surface area contributed by atoms with E-state index in [1.807, 2.05) is 0 Å². The fourth-order valence-corrected chi connectivity index (χ4v) is 5.54. The molecule has 0 bridgehead atoms. The number of piperidine rings is 1. The van der Waals surface area contributed by atoms with Gasteiger partial charge in [0.25, 0.3) is 0 Å². The second-order valence-corrected chi connectivity index (χ2v) is 9.40. The molecular weight excluding hydrogens is 340 g/mol. The van der Waals surface area contributed by atoms with Crippen molar-refractivity contribution in [1.29, 1.82) is 0 Å². The van der Waals surface area contributed by atoms with E-state index in [2.05, 4.69) is 21.2 Å². The molecule has 4 rings (SSSR count). The van der Waals surface area contributed by atoms with E-state index in [0.717, 1.165) is 70.6 Å². The summed E-state index contributed by atoms with van der Waals surface area (Å²) in [4.78, 5) is 2.39. The van der Waals surface area contributed by atoms with Crippen LogP contribution in [0, 0.1) is 0 Å². The van der Waals surface area contributed by atoms with Crippen LogP contribution in [0.15, 0.2) is 0 Å². The Morgan fingerprint density at radius 2 is 2.00 bits per heavy atom. The maximum atomic E-state index is 12.1. The number of nitrogens with one attached hydrogen (secondary N) is 1. The molecule has 0 amide bonds. The van der Waals surface area contributed by atoms with Crippen molar-refractivity contribution in [3.8, 4) is 0 Å². The topological polar surface area (TPSA) is 76.5 Å². The maximum absolute atomic E-state index is 12.1. The Hall–Kier alpha value is -0.960. The number of aryl methyl sites for hydroxylation is 1. The summed E-state index contributed by atoms with van der Waals surface area (Å²) in [5, 5.41) is 4.67. The Balaban J connectivity index is 1.35. The van der Waals surface area contributed by atoms with Crippen LogP contribution < -0.4 is 4.72 Å². The van der Waals surface area contributed by atoms with E-state index in [1.54, 1.807) is 0 Å². The largest absolute Gasteiger partial charge is 0.376 e. The fraction of sp³-hybridized carbons (Fsp3) is 0.824. The maximum Gasteiger partial charge on any atom is 0.214 e. The quantitative estimate of drug-likeness (QED) is 0.811. The van der Waals surface area contributed by atoms with Crippen molar-refractivity contribution in [2.75, 3.05) is 19.7 Å². The number of nitrogens with zero attached hydrogens (tertiary/aromatic N) is 3. The van der Waals surface area contributed by atoms with E-state index in [1.165, 1.54) is 11.3 Å². The van der Waals surface area contributed by atoms with Gasteiger partial charge in [-0.25, -0.2) is 13.1 Å². The average Bonchev–Trinajstić information content (AvgIpc) is 3.41. The Morgan fingerprint density at radius 1 is 1.24 bits per heavy atom. The molecule has 7 nitrogen and oxygen atoms in total. The molecule has 0 spiro atoms. The van der Waals surface area contributed by atoms with E-state index >= 15 is 0 Å². The molecule has 140 valence electrons. The zero-order valence-electron chi connectivity index (χ0n) is 14.9. The molecule has 1 aromatic rings. The molecule has 3 aliphatic rings. The van der Waals surface area contributed by atoms with Crippen molar-refractivity contribution in [3.05, 3.63) is 17.0 Å². The zero-order valence-corrected chi connectivity index (χ0v) is 15.7. The summed E-state index contributed by atoms with van der Waals surface area (Å²) in [7, 11) is -3.08. The van der Waals surface area contributed by atoms with Crippen molar-refractivity contribution >= 4 is 10.0 Å². The lowest BCUT2D eigenvalue weighted by molar-refractivity contribution is 0.107. The predicted molar refractivity (Wildman–Crippen MR) is 94.6 cm³/mol. The molecule has 1 aliphatic carbocycles. The number of sulfonamides is 1. The van der Waals surface area contributed by atoms with E-state index < -0.39 is 10.0 Å². The number of hydrogen-bond donors (Lipinski definition) is 1. The molecule has 25 heavy (non-hydrogen) atoms. The number of hydrogen-bond acceptors (Lipinski definition) is 5. The van der Waals surface area contributed by atoms with Crippen molar-refractivity contribution in [1.82, 2.24) is 19.4 Å². The molecule has 0 atom stereocenters. The van der Waals surface area contributed by atoms with Crippen LogP contribution in [-0.2, 0) is 40.9 Å². The smallest absolute Gasteiger partial charge is 0.214 e. The van der Waals surface area contributed by atoms with Crippen molar-refractivity contribution in [2.45, 2.75) is 70.0 Å². The summed E-state index contributed by atoms with van der Waals surface area (Å²) in [6.07, 6.45) is 4.34. The summed E-state index contributed by atoms with van der Waals surface area (Å²) in [5.41, 5.74) is 3.73. The minimum absolute atomic E-state index is 0.0901. The minimum Gasteiger partial charge on any atom is -0.376 e. The van der Waals surface area contributed by atoms with Gasteiger partial charge in [0.15, 0.2) is 0 Å². The van der Waals surface area contributed by atoms with Crippen LogP contribution in [0.3, 0.4) is 0 Å². The third kappa shape index (κ3) is 3.77. The van der Waals surface area contributed by atoms with Gasteiger partial charge in [0.1, 0.15) is 0 Å². The summed E-state index contributed by atoms with van der Waals surface area (Å²) >= 11 is 0. The van der Waals surface area contributed by atoms with Gasteiger partial charge >= 0.3 is 0 Å². The highest BCUT2D eigenvalue weighted by molar-refractivity contribution is 7.90. The molecular formula is C17H28N4O3S. The van der Waals surface area contributed by atoms with Crippen LogP contribution in [0.2, 0.25) is 0 Å². The molecule has 2 aliphatic heterocycles. The van der Waals surface area contributed by atoms with Gasteiger partial charge < -0.3 is 4.74 Å². The first-order chi connectivity index (χ1) is 12.1. The molecule has 1 aromatic heterocycles. The van der Waals surface area contributed by atoms with Crippen LogP contribution in [0.5, 0.6) is 0 Å². The van der Waals surface area contributed by atoms with Crippen LogP contribution in [0.4, 0.5) is 0 Å². The first-order valence-electron chi connectivity index (χ1n) is 9.45. The average molecular weight is 369 g/mol. The number of ether oxygens (including phenoxy) is 1. The number of rotatable bonds is 6. The van der Waals surface area contributed by atoms with Crippen molar-refractivity contribution in [2.24, 2.45) is 0 Å². The summed E-state index contributed by atoms with van der Waals surface area (Å²) in [6.45, 7) is 7.13. The van der Waals surface area contributed by atoms with Crippen LogP contribution >= 0.6 is 0 Å². The van der Waals surface area contributed by atoms with Gasteiger partial charge in [-0.3, -0.25) is 9.58 Å². The van der Waals surface area contributed by atoms with Gasteiger partial charge in [0.2, 0.25) is 10.0 Å². The zero-order chi connectivity index (χ0) is 17.4. The Morgan fingerprint density at radius 3 is 2.68 bits per heavy atom. The first-order valence-corrected chi connectivity index (χ1v) is 11.0. The number of fused-ring (bicyclic) bond motifs is 1. The van der Waals surface area contributed by atoms with Crippen molar-refractivity contribution in [3.63, 3.8) is 0 Å². The summed E-state index contributed by atoms with van der Waals surface area (Å²) < 4.78 is 34.8. The van der Waals surface area contributed by atoms with Crippen LogP contribution in [-0.4, -0.2) is 54.1 Å². The second kappa shape index (κ2) is 6.98. The highest BCUT2D eigenvalue weighted by Crippen LogP contribution is 2.29. The van der Waals surface area contributed by atoms with Crippen LogP contribution in [0.25, 0.3) is 0 Å². The fourth-order valence-electron chi connectivity index (χ4n) is 3.89. The van der Waals surface area contributed by atoms with Gasteiger partial charge in [-0.1, -0.05) is 0 Å². The van der Waals surface area contributed by atoms with E-state index in [0.29, 0.717) is 6.61 Å². The third-order valence-electron chi connectivity index (χ3n) is 5.53. The third-order valence-corrected chi connectivity index (χ3v) is 7.54. The molecule has 0 aromatic carbocycles. The van der Waals surface area contributed by atoms with Gasteiger partial charge in [-0.05, 0) is 32.6 Å². The van der Waals surface area contributed by atoms with E-state index in [9.17, 15) is 8.42 Å². The molecule has 0 unspecified atom stereocenters. The highest BCUT2D eigenvalue weighted by Gasteiger charge is 2.37. The lowest BCUT2D eigenvalue weighted by Gasteiger charge is -2.32. The molecule has 8 heteroatoms. The highest BCUT2D eigenvalue weighted by atomic mass is 32.2. The van der Waals surface area contributed by atoms with Crippen LogP contribution in [0.1, 0.15) is 49.6 Å². The van der Waals surface area contributed by atoms with E-state index in [-0.39, 0.29) is 11.3 Å². The Kier molecular flexibility index (Phi) is 4.87.